The van der Waals surface area contributed by atoms with Crippen molar-refractivity contribution >= 4 is 0 Å². The number of aryl methyl sites for hydroxylation is 2. The monoisotopic (exact) mass is 248 g/mol. The van der Waals surface area contributed by atoms with Gasteiger partial charge in [0.25, 0.3) is 0 Å². The fourth-order valence-electron chi connectivity index (χ4n) is 2.16. The van der Waals surface area contributed by atoms with Crippen LogP contribution in [-0.4, -0.2) is 25.0 Å². The van der Waals surface area contributed by atoms with E-state index in [2.05, 4.69) is 57.8 Å². The molecule has 1 aromatic rings. The molecule has 0 spiro atoms. The molecule has 1 aromatic carbocycles. The summed E-state index contributed by atoms with van der Waals surface area (Å²) in [4.78, 5) is 2.34. The Kier molecular flexibility index (Phi) is 5.83. The second-order valence-electron chi connectivity index (χ2n) is 5.91. The molecule has 2 N–H and O–H groups in total. The molecule has 2 heteroatoms. The van der Waals surface area contributed by atoms with E-state index in [0.717, 1.165) is 19.0 Å². The zero-order valence-corrected chi connectivity index (χ0v) is 12.5. The maximum Gasteiger partial charge on any atom is 0.0426 e. The van der Waals surface area contributed by atoms with Crippen molar-refractivity contribution in [2.24, 2.45) is 11.7 Å². The number of nitrogens with two attached hydrogens (primary N) is 1. The molecule has 0 aliphatic heterocycles. The highest BCUT2D eigenvalue weighted by Gasteiger charge is 2.12. The highest BCUT2D eigenvalue weighted by Crippen LogP contribution is 2.18. The minimum atomic E-state index is 0.113. The van der Waals surface area contributed by atoms with E-state index in [-0.39, 0.29) is 6.04 Å². The number of benzene rings is 1. The van der Waals surface area contributed by atoms with E-state index in [0.29, 0.717) is 0 Å². The van der Waals surface area contributed by atoms with Crippen LogP contribution in [-0.2, 0) is 0 Å². The highest BCUT2D eigenvalue weighted by atomic mass is 15.1. The zero-order chi connectivity index (χ0) is 13.7. The van der Waals surface area contributed by atoms with Crippen molar-refractivity contribution < 1.29 is 0 Å². The summed E-state index contributed by atoms with van der Waals surface area (Å²) in [6, 6.07) is 6.64. The van der Waals surface area contributed by atoms with Gasteiger partial charge in [-0.25, -0.2) is 0 Å². The lowest BCUT2D eigenvalue weighted by Gasteiger charge is -2.23. The van der Waals surface area contributed by atoms with Gasteiger partial charge >= 0.3 is 0 Å². The van der Waals surface area contributed by atoms with Crippen LogP contribution in [0.4, 0.5) is 0 Å². The minimum Gasteiger partial charge on any atom is -0.323 e. The Balaban J connectivity index is 2.58. The molecule has 0 fully saturated rings. The van der Waals surface area contributed by atoms with Crippen LogP contribution < -0.4 is 5.73 Å². The first kappa shape index (κ1) is 15.2. The number of hydrogen-bond acceptors (Lipinski definition) is 2. The Hall–Kier alpha value is -0.860. The van der Waals surface area contributed by atoms with E-state index in [1.807, 2.05) is 0 Å². The molecule has 102 valence electrons. The van der Waals surface area contributed by atoms with E-state index in [4.69, 9.17) is 5.73 Å². The molecular weight excluding hydrogens is 220 g/mol. The lowest BCUT2D eigenvalue weighted by atomic mass is 9.99. The van der Waals surface area contributed by atoms with Crippen LogP contribution in [0.15, 0.2) is 18.2 Å². The molecule has 0 aliphatic carbocycles. The Morgan fingerprint density at radius 1 is 1.22 bits per heavy atom. The molecule has 0 aromatic heterocycles. The predicted octanol–water partition coefficient (Wildman–Crippen LogP) is 3.28. The summed E-state index contributed by atoms with van der Waals surface area (Å²) < 4.78 is 0. The van der Waals surface area contributed by atoms with Crippen LogP contribution in [0.25, 0.3) is 0 Å². The predicted molar refractivity (Wildman–Crippen MR) is 79.8 cm³/mol. The topological polar surface area (TPSA) is 29.3 Å². The van der Waals surface area contributed by atoms with Gasteiger partial charge in [-0.15, -0.1) is 0 Å². The average Bonchev–Trinajstić information content (AvgIpc) is 2.29. The van der Waals surface area contributed by atoms with Gasteiger partial charge < -0.3 is 10.6 Å². The first-order valence-corrected chi connectivity index (χ1v) is 6.91. The molecule has 2 nitrogen and oxygen atoms in total. The van der Waals surface area contributed by atoms with Crippen LogP contribution in [0.1, 0.15) is 43.0 Å². The van der Waals surface area contributed by atoms with Gasteiger partial charge in [0, 0.05) is 12.6 Å². The second-order valence-corrected chi connectivity index (χ2v) is 5.91. The van der Waals surface area contributed by atoms with Crippen LogP contribution in [0.3, 0.4) is 0 Å². The van der Waals surface area contributed by atoms with Crippen LogP contribution in [0.5, 0.6) is 0 Å². The zero-order valence-electron chi connectivity index (χ0n) is 12.5. The first-order chi connectivity index (χ1) is 8.40. The molecule has 0 radical (unpaired) electrons. The van der Waals surface area contributed by atoms with Gasteiger partial charge in [-0.1, -0.05) is 37.6 Å². The van der Waals surface area contributed by atoms with Crippen molar-refractivity contribution in [1.82, 2.24) is 4.90 Å². The number of hydrogen-bond donors (Lipinski definition) is 1. The lowest BCUT2D eigenvalue weighted by molar-refractivity contribution is 0.292. The molecule has 1 rings (SSSR count). The maximum absolute atomic E-state index is 6.33. The highest BCUT2D eigenvalue weighted by molar-refractivity contribution is 5.32. The molecule has 0 saturated carbocycles. The van der Waals surface area contributed by atoms with Gasteiger partial charge in [0.15, 0.2) is 0 Å². The van der Waals surface area contributed by atoms with Crippen molar-refractivity contribution in [2.45, 2.75) is 40.2 Å². The van der Waals surface area contributed by atoms with E-state index in [1.54, 1.807) is 0 Å². The minimum absolute atomic E-state index is 0.113. The third kappa shape index (κ3) is 4.79. The summed E-state index contributed by atoms with van der Waals surface area (Å²) in [5, 5.41) is 0. The van der Waals surface area contributed by atoms with Crippen molar-refractivity contribution in [1.29, 1.82) is 0 Å². The van der Waals surface area contributed by atoms with E-state index >= 15 is 0 Å². The first-order valence-electron chi connectivity index (χ1n) is 6.91. The van der Waals surface area contributed by atoms with Crippen molar-refractivity contribution in [3.63, 3.8) is 0 Å². The maximum atomic E-state index is 6.33. The van der Waals surface area contributed by atoms with Crippen molar-refractivity contribution in [2.75, 3.05) is 20.1 Å². The smallest absolute Gasteiger partial charge is 0.0426 e. The van der Waals surface area contributed by atoms with E-state index in [9.17, 15) is 0 Å². The Morgan fingerprint density at radius 2 is 1.89 bits per heavy atom. The molecule has 18 heavy (non-hydrogen) atoms. The second kappa shape index (κ2) is 6.91. The Morgan fingerprint density at radius 3 is 2.50 bits per heavy atom. The molecule has 0 amide bonds. The summed E-state index contributed by atoms with van der Waals surface area (Å²) in [6.07, 6.45) is 1.23. The third-order valence-corrected chi connectivity index (χ3v) is 3.43. The normalized spacial score (nSPS) is 13.3. The summed E-state index contributed by atoms with van der Waals surface area (Å²) in [5.74, 6) is 0.754. The van der Waals surface area contributed by atoms with Crippen molar-refractivity contribution in [3.05, 3.63) is 34.9 Å². The third-order valence-electron chi connectivity index (χ3n) is 3.43. The van der Waals surface area contributed by atoms with Gasteiger partial charge in [0.1, 0.15) is 0 Å². The molecule has 1 atom stereocenters. The molecular formula is C16H28N2. The van der Waals surface area contributed by atoms with Crippen LogP contribution >= 0.6 is 0 Å². The van der Waals surface area contributed by atoms with Gasteiger partial charge in [-0.05, 0) is 50.9 Å². The SMILES string of the molecule is Cc1ccc(C)c(C(N)CN(C)CCC(C)C)c1. The van der Waals surface area contributed by atoms with Gasteiger partial charge in [0.05, 0.1) is 0 Å². The molecule has 0 aliphatic rings. The summed E-state index contributed by atoms with van der Waals surface area (Å²) >= 11 is 0. The van der Waals surface area contributed by atoms with Gasteiger partial charge in [0.2, 0.25) is 0 Å². The van der Waals surface area contributed by atoms with Crippen molar-refractivity contribution in [3.8, 4) is 0 Å². The van der Waals surface area contributed by atoms with Crippen LogP contribution in [0.2, 0.25) is 0 Å². The molecule has 0 heterocycles. The van der Waals surface area contributed by atoms with Crippen LogP contribution in [0, 0.1) is 19.8 Å². The number of rotatable bonds is 6. The largest absolute Gasteiger partial charge is 0.323 e. The Labute approximate surface area is 112 Å². The van der Waals surface area contributed by atoms with E-state index < -0.39 is 0 Å². The fraction of sp³-hybridized carbons (Fsp3) is 0.625. The van der Waals surface area contributed by atoms with Gasteiger partial charge in [-0.3, -0.25) is 0 Å². The Bertz CT molecular complexity index is 371. The standard InChI is InChI=1S/C16H28N2/c1-12(2)8-9-18(5)11-16(17)15-10-13(3)6-7-14(15)4/h6-7,10,12,16H,8-9,11,17H2,1-5H3. The summed E-state index contributed by atoms with van der Waals surface area (Å²) in [7, 11) is 2.16. The summed E-state index contributed by atoms with van der Waals surface area (Å²) in [5.41, 5.74) is 10.2. The molecule has 0 saturated heterocycles. The molecule has 0 bridgehead atoms. The van der Waals surface area contributed by atoms with Gasteiger partial charge in [-0.2, -0.15) is 0 Å². The molecule has 1 unspecified atom stereocenters. The average molecular weight is 248 g/mol. The quantitative estimate of drug-likeness (QED) is 0.837. The number of likely N-dealkylation sites (N-methyl/N-ethyl adjacent to an activating group) is 1. The van der Waals surface area contributed by atoms with E-state index in [1.165, 1.54) is 23.1 Å². The number of nitrogens with zero attached hydrogens (tertiary/aromatic N) is 1. The lowest BCUT2D eigenvalue weighted by Crippen LogP contribution is -2.30. The summed E-state index contributed by atoms with van der Waals surface area (Å²) in [6.45, 7) is 10.8. The fourth-order valence-corrected chi connectivity index (χ4v) is 2.16.